The molecule has 0 unspecified atom stereocenters. The number of unbranched alkanes of at least 4 members (excludes halogenated alkanes) is 7. The van der Waals surface area contributed by atoms with Crippen molar-refractivity contribution in [3.8, 4) is 23.3 Å². The highest BCUT2D eigenvalue weighted by Gasteiger charge is 2.19. The lowest BCUT2D eigenvalue weighted by molar-refractivity contribution is -0.119. The third kappa shape index (κ3) is 8.99. The molecule has 2 aromatic heterocycles. The van der Waals surface area contributed by atoms with Crippen molar-refractivity contribution in [1.29, 1.82) is 0 Å². The second-order valence-electron chi connectivity index (χ2n) is 11.9. The number of aromatic hydroxyl groups is 2. The Labute approximate surface area is 281 Å². The van der Waals surface area contributed by atoms with Crippen LogP contribution in [0.4, 0.5) is 11.4 Å². The van der Waals surface area contributed by atoms with Gasteiger partial charge in [0.15, 0.2) is 11.4 Å². The molecule has 2 aromatic carbocycles. The third-order valence-corrected chi connectivity index (χ3v) is 8.46. The maximum atomic E-state index is 12.5. The van der Waals surface area contributed by atoms with Gasteiger partial charge in [-0.25, -0.2) is 0 Å². The summed E-state index contributed by atoms with van der Waals surface area (Å²) in [5, 5.41) is 39.2. The van der Waals surface area contributed by atoms with Crippen LogP contribution in [0.5, 0.6) is 23.3 Å². The van der Waals surface area contributed by atoms with Crippen molar-refractivity contribution in [1.82, 2.24) is 9.13 Å². The fourth-order valence-corrected chi connectivity index (χ4v) is 5.71. The van der Waals surface area contributed by atoms with Crippen LogP contribution in [0.25, 0.3) is 21.8 Å². The first-order valence-electron chi connectivity index (χ1n) is 17.0. The molecule has 12 nitrogen and oxygen atoms in total. The van der Waals surface area contributed by atoms with Gasteiger partial charge in [-0.1, -0.05) is 52.4 Å². The number of methoxy groups -OCH3 is 2. The van der Waals surface area contributed by atoms with Gasteiger partial charge in [0.05, 0.1) is 25.3 Å². The van der Waals surface area contributed by atoms with Gasteiger partial charge in [-0.15, -0.1) is 20.5 Å². The van der Waals surface area contributed by atoms with Gasteiger partial charge in [-0.05, 0) is 62.1 Å². The van der Waals surface area contributed by atoms with E-state index in [1.165, 1.54) is 0 Å². The van der Waals surface area contributed by atoms with Crippen molar-refractivity contribution in [2.45, 2.75) is 104 Å². The van der Waals surface area contributed by atoms with Crippen LogP contribution in [0.1, 0.15) is 90.9 Å². The van der Waals surface area contributed by atoms with Crippen molar-refractivity contribution in [3.63, 3.8) is 0 Å². The minimum atomic E-state index is -0.333. The van der Waals surface area contributed by atoms with Gasteiger partial charge in [-0.2, -0.15) is 0 Å². The first-order chi connectivity index (χ1) is 23.3. The molecule has 2 N–H and O–H groups in total. The molecule has 0 aliphatic heterocycles. The number of aromatic nitrogens is 2. The van der Waals surface area contributed by atoms with E-state index < -0.39 is 0 Å². The summed E-state index contributed by atoms with van der Waals surface area (Å²) in [7, 11) is 3.15. The number of hydrogen-bond acceptors (Lipinski definition) is 8. The number of amides is 2. The van der Waals surface area contributed by atoms with E-state index in [2.05, 4.69) is 34.3 Å². The fourth-order valence-electron chi connectivity index (χ4n) is 5.71. The Morgan fingerprint density at radius 3 is 1.40 bits per heavy atom. The zero-order chi connectivity index (χ0) is 34.5. The van der Waals surface area contributed by atoms with Crippen molar-refractivity contribution in [2.75, 3.05) is 14.2 Å². The Morgan fingerprint density at radius 1 is 0.625 bits per heavy atom. The Balaban J connectivity index is 1.20. The van der Waals surface area contributed by atoms with Crippen LogP contribution in [-0.2, 0) is 22.7 Å². The summed E-state index contributed by atoms with van der Waals surface area (Å²) in [5.41, 5.74) is 2.19. The second kappa shape index (κ2) is 18.0. The first kappa shape index (κ1) is 36.1. The molecule has 0 fully saturated rings. The number of hydrogen-bond donors (Lipinski definition) is 2. The Morgan fingerprint density at radius 2 is 1.02 bits per heavy atom. The van der Waals surface area contributed by atoms with Crippen LogP contribution in [0, 0.1) is 0 Å². The van der Waals surface area contributed by atoms with E-state index in [4.69, 9.17) is 9.47 Å². The first-order valence-corrected chi connectivity index (χ1v) is 17.0. The molecule has 0 radical (unpaired) electrons. The van der Waals surface area contributed by atoms with E-state index in [1.807, 2.05) is 24.3 Å². The Bertz CT molecular complexity index is 1630. The molecule has 48 heavy (non-hydrogen) atoms. The van der Waals surface area contributed by atoms with Crippen LogP contribution in [-0.4, -0.2) is 45.4 Å². The summed E-state index contributed by atoms with van der Waals surface area (Å²) in [6, 6.07) is 11.0. The minimum absolute atomic E-state index is 0.00275. The van der Waals surface area contributed by atoms with Crippen LogP contribution in [0.15, 0.2) is 56.9 Å². The highest BCUT2D eigenvalue weighted by Crippen LogP contribution is 2.42. The number of carbonyl (C=O) groups excluding carboxylic acids is 2. The predicted molar refractivity (Wildman–Crippen MR) is 186 cm³/mol. The summed E-state index contributed by atoms with van der Waals surface area (Å²) < 4.78 is 14.3. The van der Waals surface area contributed by atoms with Gasteiger partial charge in [0.25, 0.3) is 11.8 Å². The third-order valence-electron chi connectivity index (χ3n) is 8.46. The van der Waals surface area contributed by atoms with Crippen LogP contribution >= 0.6 is 0 Å². The van der Waals surface area contributed by atoms with Gasteiger partial charge in [0.2, 0.25) is 11.8 Å². The highest BCUT2D eigenvalue weighted by molar-refractivity contribution is 5.97. The summed E-state index contributed by atoms with van der Waals surface area (Å²) in [6.07, 6.45) is 9.24. The molecule has 4 aromatic rings. The Hall–Kier alpha value is -4.74. The molecule has 0 saturated heterocycles. The summed E-state index contributed by atoms with van der Waals surface area (Å²) in [6.45, 7) is 5.45. The molecule has 0 aliphatic carbocycles. The topological polar surface area (TPSA) is 152 Å². The number of ether oxygens (including phenoxy) is 2. The van der Waals surface area contributed by atoms with Gasteiger partial charge >= 0.3 is 0 Å². The van der Waals surface area contributed by atoms with Gasteiger partial charge in [0, 0.05) is 36.7 Å². The lowest BCUT2D eigenvalue weighted by Crippen LogP contribution is -1.96. The number of aryl methyl sites for hydroxylation is 2. The summed E-state index contributed by atoms with van der Waals surface area (Å²) in [4.78, 5) is 24.9. The van der Waals surface area contributed by atoms with Crippen LogP contribution in [0.3, 0.4) is 0 Å². The molecular formula is C36H48N6O6. The molecule has 2 heterocycles. The average molecular weight is 661 g/mol. The maximum Gasteiger partial charge on any atom is 0.264 e. The molecule has 12 heteroatoms. The number of carbonyl (C=O) groups is 2. The molecule has 258 valence electrons. The zero-order valence-electron chi connectivity index (χ0n) is 28.6. The number of nitrogens with zero attached hydrogens (tertiary/aromatic N) is 6. The average Bonchev–Trinajstić information content (AvgIpc) is 3.52. The number of rotatable bonds is 19. The number of benzene rings is 2. The van der Waals surface area contributed by atoms with Gasteiger partial charge in [-0.3, -0.25) is 9.59 Å². The molecule has 0 aliphatic rings. The van der Waals surface area contributed by atoms with Gasteiger partial charge in [0.1, 0.15) is 11.5 Å². The smallest absolute Gasteiger partial charge is 0.264 e. The van der Waals surface area contributed by atoms with Crippen molar-refractivity contribution < 1.29 is 29.3 Å². The molecule has 0 atom stereocenters. The molecule has 4 rings (SSSR count). The SMILES string of the molecule is CCCCn1c(O)c(N=NC(=O)CCCCCCCCC(=O)N=Nc2c(O)n(CCCC)c3ccc(OC)cc23)c2cc(OC)ccc21. The quantitative estimate of drug-likeness (QED) is 0.0754. The second-order valence-corrected chi connectivity index (χ2v) is 11.9. The molecule has 0 saturated carbocycles. The molecule has 2 amide bonds. The van der Waals surface area contributed by atoms with Crippen molar-refractivity contribution >= 4 is 45.0 Å². The van der Waals surface area contributed by atoms with Crippen molar-refractivity contribution in [3.05, 3.63) is 36.4 Å². The van der Waals surface area contributed by atoms with E-state index in [9.17, 15) is 19.8 Å². The lowest BCUT2D eigenvalue weighted by Gasteiger charge is -2.05. The van der Waals surface area contributed by atoms with Crippen molar-refractivity contribution in [2.24, 2.45) is 20.5 Å². The van der Waals surface area contributed by atoms with Crippen LogP contribution < -0.4 is 9.47 Å². The van der Waals surface area contributed by atoms with E-state index in [1.54, 1.807) is 35.5 Å². The number of fused-ring (bicyclic) bond motifs is 2. The monoisotopic (exact) mass is 660 g/mol. The number of azo groups is 2. The highest BCUT2D eigenvalue weighted by atomic mass is 16.5. The minimum Gasteiger partial charge on any atom is -0.497 e. The Kier molecular flexibility index (Phi) is 13.5. The predicted octanol–water partition coefficient (Wildman–Crippen LogP) is 9.67. The standard InChI is InChI=1S/C36H48N6O6/c1-5-7-21-41-29-19-17-25(47-3)23-27(29)33(35(41)45)39-37-31(43)15-13-11-9-10-12-14-16-32(44)38-40-34-28-24-26(48-4)18-20-30(28)42(36(34)46)22-8-6-2/h17-20,23-24,45-46H,5-16,21-22H2,1-4H3. The summed E-state index contributed by atoms with van der Waals surface area (Å²) in [5.74, 6) is 0.598. The fraction of sp³-hybridized carbons (Fsp3) is 0.500. The molecular weight excluding hydrogens is 612 g/mol. The largest absolute Gasteiger partial charge is 0.497 e. The van der Waals surface area contributed by atoms with Crippen LogP contribution in [0.2, 0.25) is 0 Å². The maximum absolute atomic E-state index is 12.5. The van der Waals surface area contributed by atoms with E-state index in [-0.39, 0.29) is 47.8 Å². The molecule has 0 spiro atoms. The van der Waals surface area contributed by atoms with Gasteiger partial charge < -0.3 is 28.8 Å². The lowest BCUT2D eigenvalue weighted by atomic mass is 10.1. The van der Waals surface area contributed by atoms with E-state index >= 15 is 0 Å². The molecule has 0 bridgehead atoms. The zero-order valence-corrected chi connectivity index (χ0v) is 28.6. The van der Waals surface area contributed by atoms with E-state index in [0.717, 1.165) is 62.4 Å². The normalized spacial score (nSPS) is 11.8. The summed E-state index contributed by atoms with van der Waals surface area (Å²) >= 11 is 0. The van der Waals surface area contributed by atoms with E-state index in [0.29, 0.717) is 48.2 Å².